The Morgan fingerprint density at radius 1 is 0.706 bits per heavy atom. The van der Waals surface area contributed by atoms with Crippen molar-refractivity contribution >= 4 is 71.0 Å². The molecule has 0 saturated carbocycles. The molecule has 0 radical (unpaired) electrons. The van der Waals surface area contributed by atoms with Crippen molar-refractivity contribution in [3.05, 3.63) is 146 Å². The summed E-state index contributed by atoms with van der Waals surface area (Å²) in [6.45, 7) is 1.91. The van der Waals surface area contributed by atoms with Gasteiger partial charge in [-0.2, -0.15) is 0 Å². The number of rotatable bonds is 9. The Labute approximate surface area is 404 Å². The number of anilines is 2. The molecule has 0 unspecified atom stereocenters. The van der Waals surface area contributed by atoms with E-state index in [0.29, 0.717) is 72.5 Å². The molecule has 14 nitrogen and oxygen atoms in total. The van der Waals surface area contributed by atoms with Gasteiger partial charge in [0.15, 0.2) is 0 Å². The van der Waals surface area contributed by atoms with Crippen molar-refractivity contribution in [2.45, 2.75) is 75.7 Å². The van der Waals surface area contributed by atoms with Crippen molar-refractivity contribution in [2.24, 2.45) is 5.73 Å². The molecule has 3 amide bonds. The molecule has 5 N–H and O–H groups in total. The molecule has 4 aromatic carbocycles. The summed E-state index contributed by atoms with van der Waals surface area (Å²) < 4.78 is 77.2. The zero-order chi connectivity index (χ0) is 47.6. The molecule has 0 spiro atoms. The Morgan fingerprint density at radius 2 is 1.22 bits per heavy atom. The zero-order valence-electron chi connectivity index (χ0n) is 36.2. The van der Waals surface area contributed by atoms with Gasteiger partial charge in [0.05, 0.1) is 28.3 Å². The van der Waals surface area contributed by atoms with Crippen molar-refractivity contribution in [1.29, 1.82) is 0 Å². The van der Waals surface area contributed by atoms with Crippen molar-refractivity contribution in [2.75, 3.05) is 37.1 Å². The minimum atomic E-state index is -0.649. The number of benzene rings is 4. The number of amides is 3. The lowest BCUT2D eigenvalue weighted by atomic mass is 10.0. The number of imidazole rings is 1. The Morgan fingerprint density at radius 3 is 1.74 bits per heavy atom. The van der Waals surface area contributed by atoms with Gasteiger partial charge >= 0.3 is 12.2 Å². The first-order chi connectivity index (χ1) is 32.2. The first-order valence-electron chi connectivity index (χ1n) is 21.5. The number of carbonyl (C=O) groups is 4. The molecule has 2 aliphatic carbocycles. The second kappa shape index (κ2) is 24.0. The molecule has 0 bridgehead atoms. The van der Waals surface area contributed by atoms with Crippen LogP contribution in [-0.4, -0.2) is 72.2 Å². The van der Waals surface area contributed by atoms with E-state index in [-0.39, 0.29) is 64.3 Å². The molecule has 2 aliphatic heterocycles. The Kier molecular flexibility index (Phi) is 18.2. The maximum atomic E-state index is 14.6. The van der Waals surface area contributed by atoms with Gasteiger partial charge in [0.25, 0.3) is 11.8 Å². The second-order valence-corrected chi connectivity index (χ2v) is 16.8. The number of fused-ring (bicyclic) bond motifs is 2. The number of hydrogen-bond acceptors (Lipinski definition) is 10. The molecule has 68 heavy (non-hydrogen) atoms. The highest BCUT2D eigenvalue weighted by Gasteiger charge is 2.32. The Bertz CT molecular complexity index is 2600. The van der Waals surface area contributed by atoms with Crippen LogP contribution in [0.4, 0.5) is 38.5 Å². The van der Waals surface area contributed by atoms with Gasteiger partial charge in [-0.25, -0.2) is 36.7 Å². The van der Waals surface area contributed by atoms with E-state index in [1.165, 1.54) is 71.7 Å². The molecule has 21 heteroatoms. The lowest BCUT2D eigenvalue weighted by Crippen LogP contribution is -2.30. The Balaban J connectivity index is 0.000000179. The standard InChI is InChI=1S/C22H21ClF2N2O4.C16H13ClF2N2O.C9H12N2O3.ClH/c23-16-10-12(3-6-17(16)24)26-21(28)15-4-7-18(25)20-14(15)5-8-19(20)27-22(29)31-11-13-2-1-9-30-13;17-11-7-8(1-4-12(11)18)21-16(22)10-2-5-13(19)15-9(10)3-6-14(15)20;12-9(11-4-3-10-7-11)14-6-8-2-1-5-13-8;/h3-4,6-7,10,13,19H,1-2,5,8-9,11H2,(H,26,28)(H,27,29);1-2,4-5,7,14H,3,6,20H2,(H,21,22);3-4,7-8H,1-2,5-6H2;1H/t13-,19+;14-;8-;/m101./s1. The third-order valence-corrected chi connectivity index (χ3v) is 12.0. The van der Waals surface area contributed by atoms with E-state index < -0.39 is 47.5 Å². The lowest BCUT2D eigenvalue weighted by Gasteiger charge is -2.17. The second-order valence-electron chi connectivity index (χ2n) is 15.9. The summed E-state index contributed by atoms with van der Waals surface area (Å²) in [5, 5.41) is 7.77. The van der Waals surface area contributed by atoms with Crippen LogP contribution in [0, 0.1) is 23.3 Å². The molecule has 1 aromatic heterocycles. The number of halogens is 7. The van der Waals surface area contributed by atoms with Crippen LogP contribution >= 0.6 is 35.6 Å². The van der Waals surface area contributed by atoms with Crippen molar-refractivity contribution < 1.29 is 55.7 Å². The first kappa shape index (κ1) is 51.6. The van der Waals surface area contributed by atoms with Gasteiger partial charge in [-0.3, -0.25) is 9.59 Å². The highest BCUT2D eigenvalue weighted by Crippen LogP contribution is 2.37. The van der Waals surface area contributed by atoms with E-state index in [9.17, 15) is 36.7 Å². The average molecular weight is 1010 g/mol. The van der Waals surface area contributed by atoms with Crippen LogP contribution in [0.15, 0.2) is 79.4 Å². The average Bonchev–Trinajstić information content (AvgIpc) is 4.18. The molecule has 9 rings (SSSR count). The van der Waals surface area contributed by atoms with E-state index >= 15 is 0 Å². The molecule has 362 valence electrons. The van der Waals surface area contributed by atoms with E-state index in [1.807, 2.05) is 0 Å². The molecular weight excluding hydrogens is 959 g/mol. The molecule has 2 saturated heterocycles. The van der Waals surface area contributed by atoms with E-state index in [4.69, 9.17) is 47.9 Å². The van der Waals surface area contributed by atoms with Crippen LogP contribution in [0.3, 0.4) is 0 Å². The largest absolute Gasteiger partial charge is 0.447 e. The number of nitrogens with one attached hydrogen (secondary N) is 3. The first-order valence-corrected chi connectivity index (χ1v) is 22.2. The van der Waals surface area contributed by atoms with Gasteiger partial charge in [0.2, 0.25) is 0 Å². The van der Waals surface area contributed by atoms with Crippen LogP contribution < -0.4 is 21.7 Å². The van der Waals surface area contributed by atoms with Gasteiger partial charge < -0.3 is 40.6 Å². The topological polar surface area (TPSA) is 185 Å². The van der Waals surface area contributed by atoms with Gasteiger partial charge in [-0.1, -0.05) is 23.2 Å². The molecular formula is C47H47Cl3F4N6O8. The third kappa shape index (κ3) is 13.1. The van der Waals surface area contributed by atoms with E-state index in [0.717, 1.165) is 38.4 Å². The maximum Gasteiger partial charge on any atom is 0.419 e. The van der Waals surface area contributed by atoms with Crippen LogP contribution in [-0.2, 0) is 31.8 Å². The molecule has 2 fully saturated rings. The smallest absolute Gasteiger partial charge is 0.419 e. The minimum Gasteiger partial charge on any atom is -0.447 e. The number of ether oxygens (including phenoxy) is 4. The van der Waals surface area contributed by atoms with E-state index in [2.05, 4.69) is 20.9 Å². The summed E-state index contributed by atoms with van der Waals surface area (Å²) in [5.74, 6) is -2.91. The summed E-state index contributed by atoms with van der Waals surface area (Å²) in [4.78, 5) is 52.4. The summed E-state index contributed by atoms with van der Waals surface area (Å²) in [6.07, 6.45) is 9.23. The summed E-state index contributed by atoms with van der Waals surface area (Å²) >= 11 is 11.4. The van der Waals surface area contributed by atoms with Gasteiger partial charge in [0.1, 0.15) is 42.8 Å². The number of alkyl carbamates (subject to hydrolysis) is 1. The monoisotopic (exact) mass is 1000 g/mol. The molecule has 4 aliphatic rings. The number of nitrogens with zero attached hydrogens (tertiary/aromatic N) is 2. The Hall–Kier alpha value is -5.76. The normalized spacial score (nSPS) is 18.6. The fraction of sp³-hybridized carbons (Fsp3) is 0.340. The zero-order valence-corrected chi connectivity index (χ0v) is 38.5. The minimum absolute atomic E-state index is 0. The van der Waals surface area contributed by atoms with Gasteiger partial charge in [-0.05, 0) is 123 Å². The molecule has 4 atom stereocenters. The summed E-state index contributed by atoms with van der Waals surface area (Å²) in [6, 6.07) is 12.0. The predicted octanol–water partition coefficient (Wildman–Crippen LogP) is 10.0. The van der Waals surface area contributed by atoms with Crippen LogP contribution in [0.2, 0.25) is 10.0 Å². The summed E-state index contributed by atoms with van der Waals surface area (Å²) in [5.41, 5.74) is 9.08. The van der Waals surface area contributed by atoms with Gasteiger partial charge in [0, 0.05) is 65.3 Å². The fourth-order valence-electron chi connectivity index (χ4n) is 8.09. The number of carbonyl (C=O) groups excluding carboxylic acids is 4. The van der Waals surface area contributed by atoms with E-state index in [1.54, 1.807) is 6.20 Å². The quantitative estimate of drug-likeness (QED) is 0.104. The lowest BCUT2D eigenvalue weighted by molar-refractivity contribution is 0.0428. The molecule has 5 aromatic rings. The third-order valence-electron chi connectivity index (χ3n) is 11.4. The van der Waals surface area contributed by atoms with Gasteiger partial charge in [-0.15, -0.1) is 12.4 Å². The number of aromatic nitrogens is 2. The number of hydrogen-bond donors (Lipinski definition) is 4. The fourth-order valence-corrected chi connectivity index (χ4v) is 8.45. The highest BCUT2D eigenvalue weighted by molar-refractivity contribution is 6.31. The summed E-state index contributed by atoms with van der Waals surface area (Å²) in [7, 11) is 0. The molecule has 3 heterocycles. The highest BCUT2D eigenvalue weighted by atomic mass is 35.5. The van der Waals surface area contributed by atoms with Crippen molar-refractivity contribution in [3.8, 4) is 0 Å². The maximum absolute atomic E-state index is 14.6. The predicted molar refractivity (Wildman–Crippen MR) is 246 cm³/mol. The van der Waals surface area contributed by atoms with Crippen molar-refractivity contribution in [1.82, 2.24) is 14.9 Å². The van der Waals surface area contributed by atoms with Crippen molar-refractivity contribution in [3.63, 3.8) is 0 Å². The van der Waals surface area contributed by atoms with Crippen LogP contribution in [0.1, 0.15) is 93.6 Å². The number of nitrogens with two attached hydrogens (primary N) is 1. The van der Waals surface area contributed by atoms with Crippen LogP contribution in [0.25, 0.3) is 0 Å². The van der Waals surface area contributed by atoms with Crippen LogP contribution in [0.5, 0.6) is 0 Å². The SMILES string of the molecule is Cl.N[C@H]1CCc2c(C(=O)Nc3ccc(F)c(Cl)c3)ccc(F)c21.O=C(N[C@H]1CCc2c(C(=O)Nc3ccc(F)c(Cl)c3)ccc(F)c21)OC[C@H]1CCCO1.O=C(OC[C@H]1CCCO1)n1ccnc1.